The number of urea groups is 1. The summed E-state index contributed by atoms with van der Waals surface area (Å²) in [6, 6.07) is 13.1. The highest BCUT2D eigenvalue weighted by atomic mass is 16.5. The number of hydrogen-bond acceptors (Lipinski definition) is 4. The molecule has 0 aliphatic carbocycles. The van der Waals surface area contributed by atoms with Crippen molar-refractivity contribution in [2.24, 2.45) is 0 Å². The van der Waals surface area contributed by atoms with Gasteiger partial charge in [-0.25, -0.2) is 4.79 Å². The summed E-state index contributed by atoms with van der Waals surface area (Å²) in [5.74, 6) is 0.830. The maximum absolute atomic E-state index is 12.9. The van der Waals surface area contributed by atoms with E-state index in [-0.39, 0.29) is 18.7 Å². The summed E-state index contributed by atoms with van der Waals surface area (Å²) >= 11 is 0. The first-order valence-corrected chi connectivity index (χ1v) is 8.91. The highest BCUT2D eigenvalue weighted by Crippen LogP contribution is 2.34. The predicted molar refractivity (Wildman–Crippen MR) is 101 cm³/mol. The second kappa shape index (κ2) is 6.88. The fourth-order valence-corrected chi connectivity index (χ4v) is 3.72. The minimum atomic E-state index is -0.316. The summed E-state index contributed by atoms with van der Waals surface area (Å²) in [7, 11) is 2.01. The van der Waals surface area contributed by atoms with Crippen LogP contribution in [-0.2, 0) is 6.42 Å². The summed E-state index contributed by atoms with van der Waals surface area (Å²) < 4.78 is 5.65. The smallest absolute Gasteiger partial charge is 0.322 e. The molecule has 6 nitrogen and oxygen atoms in total. The van der Waals surface area contributed by atoms with Crippen LogP contribution in [0.2, 0.25) is 0 Å². The third-order valence-corrected chi connectivity index (χ3v) is 5.15. The molecule has 2 amide bonds. The zero-order chi connectivity index (χ0) is 18.1. The average molecular weight is 353 g/mol. The highest BCUT2D eigenvalue weighted by molar-refractivity contribution is 5.91. The van der Waals surface area contributed by atoms with Crippen LogP contribution in [0.3, 0.4) is 0 Å². The van der Waals surface area contributed by atoms with Gasteiger partial charge in [-0.05, 0) is 35.7 Å². The molecule has 0 aromatic heterocycles. The Bertz CT molecular complexity index is 824. The maximum Gasteiger partial charge on any atom is 0.322 e. The van der Waals surface area contributed by atoms with Gasteiger partial charge in [-0.15, -0.1) is 0 Å². The number of nitrogens with one attached hydrogen (secondary N) is 1. The first-order valence-electron chi connectivity index (χ1n) is 8.91. The quantitative estimate of drug-likeness (QED) is 0.871. The van der Waals surface area contributed by atoms with Gasteiger partial charge < -0.3 is 25.0 Å². The summed E-state index contributed by atoms with van der Waals surface area (Å²) in [6.07, 6.45) is 0.793. The lowest BCUT2D eigenvalue weighted by Crippen LogP contribution is -2.43. The van der Waals surface area contributed by atoms with E-state index in [9.17, 15) is 9.90 Å². The monoisotopic (exact) mass is 353 g/mol. The van der Waals surface area contributed by atoms with Crippen LogP contribution in [0, 0.1) is 0 Å². The number of carbonyl (C=O) groups excluding carboxylic acids is 1. The lowest BCUT2D eigenvalue weighted by Gasteiger charge is -2.36. The second-order valence-electron chi connectivity index (χ2n) is 6.72. The minimum absolute atomic E-state index is 0.0921. The van der Waals surface area contributed by atoms with E-state index >= 15 is 0 Å². The molecule has 2 aliphatic heterocycles. The van der Waals surface area contributed by atoms with Gasteiger partial charge >= 0.3 is 6.03 Å². The molecular formula is C20H23N3O3. The molecule has 2 aromatic carbocycles. The van der Waals surface area contributed by atoms with E-state index in [0.29, 0.717) is 13.2 Å². The van der Waals surface area contributed by atoms with E-state index in [1.165, 1.54) is 5.56 Å². The van der Waals surface area contributed by atoms with Crippen molar-refractivity contribution in [3.63, 3.8) is 0 Å². The number of aliphatic hydroxyl groups excluding tert-OH is 1. The van der Waals surface area contributed by atoms with Crippen molar-refractivity contribution in [3.05, 3.63) is 53.6 Å². The summed E-state index contributed by atoms with van der Waals surface area (Å²) in [6.45, 7) is 1.98. The van der Waals surface area contributed by atoms with Gasteiger partial charge in [-0.2, -0.15) is 0 Å². The van der Waals surface area contributed by atoms with Crippen LogP contribution in [0.5, 0.6) is 5.75 Å². The van der Waals surface area contributed by atoms with Gasteiger partial charge in [0.2, 0.25) is 0 Å². The number of likely N-dealkylation sites (N-methyl/N-ethyl adjacent to an activating group) is 1. The van der Waals surface area contributed by atoms with Crippen LogP contribution in [0.1, 0.15) is 17.2 Å². The Kier molecular flexibility index (Phi) is 4.42. The van der Waals surface area contributed by atoms with Crippen molar-refractivity contribution in [1.29, 1.82) is 0 Å². The van der Waals surface area contributed by atoms with E-state index in [1.807, 2.05) is 43.4 Å². The Morgan fingerprint density at radius 2 is 2.12 bits per heavy atom. The van der Waals surface area contributed by atoms with Crippen LogP contribution in [-0.4, -0.2) is 49.4 Å². The van der Waals surface area contributed by atoms with E-state index < -0.39 is 0 Å². The van der Waals surface area contributed by atoms with Gasteiger partial charge in [-0.3, -0.25) is 0 Å². The molecule has 136 valence electrons. The first kappa shape index (κ1) is 16.7. The molecule has 1 atom stereocenters. The van der Waals surface area contributed by atoms with Crippen LogP contribution < -0.4 is 15.0 Å². The SMILES string of the molecule is CN1CCOc2ccc(NC(=O)N3CCc4ccccc4C3CO)cc21. The van der Waals surface area contributed by atoms with E-state index in [0.717, 1.165) is 35.7 Å². The van der Waals surface area contributed by atoms with E-state index in [2.05, 4.69) is 16.3 Å². The number of amides is 2. The number of aliphatic hydroxyl groups is 1. The standard InChI is InChI=1S/C20H23N3O3/c1-22-10-11-26-19-7-6-15(12-17(19)22)21-20(25)23-9-8-14-4-2-3-5-16(14)18(23)13-24/h2-7,12,18,24H,8-11,13H2,1H3,(H,21,25). The summed E-state index contributed by atoms with van der Waals surface area (Å²) in [5.41, 5.74) is 3.91. The van der Waals surface area contributed by atoms with Gasteiger partial charge in [0.15, 0.2) is 0 Å². The molecule has 2 heterocycles. The molecule has 0 saturated heterocycles. The van der Waals surface area contributed by atoms with Crippen LogP contribution in [0.15, 0.2) is 42.5 Å². The second-order valence-corrected chi connectivity index (χ2v) is 6.72. The van der Waals surface area contributed by atoms with Crippen molar-refractivity contribution in [3.8, 4) is 5.75 Å². The number of ether oxygens (including phenoxy) is 1. The number of nitrogens with zero attached hydrogens (tertiary/aromatic N) is 2. The number of fused-ring (bicyclic) bond motifs is 2. The van der Waals surface area contributed by atoms with Gasteiger partial charge in [-0.1, -0.05) is 24.3 Å². The molecule has 2 N–H and O–H groups in total. The normalized spacial score (nSPS) is 18.6. The maximum atomic E-state index is 12.9. The van der Waals surface area contributed by atoms with Crippen molar-refractivity contribution in [2.45, 2.75) is 12.5 Å². The molecule has 26 heavy (non-hydrogen) atoms. The highest BCUT2D eigenvalue weighted by Gasteiger charge is 2.30. The Morgan fingerprint density at radius 1 is 1.27 bits per heavy atom. The molecular weight excluding hydrogens is 330 g/mol. The van der Waals surface area contributed by atoms with E-state index in [4.69, 9.17) is 4.74 Å². The van der Waals surface area contributed by atoms with Crippen LogP contribution in [0.25, 0.3) is 0 Å². The number of rotatable bonds is 2. The number of hydrogen-bond donors (Lipinski definition) is 2. The molecule has 0 saturated carbocycles. The van der Waals surface area contributed by atoms with Crippen molar-refractivity contribution in [2.75, 3.05) is 43.6 Å². The largest absolute Gasteiger partial charge is 0.490 e. The zero-order valence-electron chi connectivity index (χ0n) is 14.8. The van der Waals surface area contributed by atoms with Crippen molar-refractivity contribution < 1.29 is 14.6 Å². The van der Waals surface area contributed by atoms with Gasteiger partial charge in [0.05, 0.1) is 24.9 Å². The molecule has 0 spiro atoms. The van der Waals surface area contributed by atoms with Crippen molar-refractivity contribution >= 4 is 17.4 Å². The molecule has 4 rings (SSSR count). The van der Waals surface area contributed by atoms with Gasteiger partial charge in [0.1, 0.15) is 12.4 Å². The fourth-order valence-electron chi connectivity index (χ4n) is 3.72. The van der Waals surface area contributed by atoms with Crippen LogP contribution >= 0.6 is 0 Å². The molecule has 6 heteroatoms. The summed E-state index contributed by atoms with van der Waals surface area (Å²) in [4.78, 5) is 16.7. The van der Waals surface area contributed by atoms with E-state index in [1.54, 1.807) is 4.90 Å². The minimum Gasteiger partial charge on any atom is -0.490 e. The molecule has 0 fully saturated rings. The van der Waals surface area contributed by atoms with Crippen molar-refractivity contribution in [1.82, 2.24) is 4.90 Å². The summed E-state index contributed by atoms with van der Waals surface area (Å²) in [5, 5.41) is 12.8. The Labute approximate surface area is 153 Å². The number of carbonyl (C=O) groups is 1. The lowest BCUT2D eigenvalue weighted by atomic mass is 9.93. The Morgan fingerprint density at radius 3 is 2.96 bits per heavy atom. The predicted octanol–water partition coefficient (Wildman–Crippen LogP) is 2.64. The molecule has 2 aliphatic rings. The number of anilines is 2. The Hall–Kier alpha value is -2.73. The average Bonchev–Trinajstić information content (AvgIpc) is 2.67. The molecule has 1 unspecified atom stereocenters. The number of benzene rings is 2. The fraction of sp³-hybridized carbons (Fsp3) is 0.350. The van der Waals surface area contributed by atoms with Gasteiger partial charge in [0, 0.05) is 19.3 Å². The third kappa shape index (κ3) is 2.97. The molecule has 2 aromatic rings. The molecule has 0 bridgehead atoms. The third-order valence-electron chi connectivity index (χ3n) is 5.15. The lowest BCUT2D eigenvalue weighted by molar-refractivity contribution is 0.135. The zero-order valence-corrected chi connectivity index (χ0v) is 14.8. The molecule has 0 radical (unpaired) electrons. The van der Waals surface area contributed by atoms with Crippen LogP contribution in [0.4, 0.5) is 16.2 Å². The topological polar surface area (TPSA) is 65.0 Å². The first-order chi connectivity index (χ1) is 12.7. The van der Waals surface area contributed by atoms with Gasteiger partial charge in [0.25, 0.3) is 0 Å². The Balaban J connectivity index is 1.54.